The standard InChI is InChI=1S/C22H19FN2O2/c23-19-8-5-15(6-9-19)13-25-14-18(12-21(25)26)22(27)24-20-10-7-16-3-1-2-4-17(16)11-20/h1-11,18H,12-14H2,(H,24,27)/t18-/m0/s1. The average Bonchev–Trinajstić information content (AvgIpc) is 3.04. The third kappa shape index (κ3) is 3.82. The van der Waals surface area contributed by atoms with Crippen LogP contribution in [0.5, 0.6) is 0 Å². The van der Waals surface area contributed by atoms with Gasteiger partial charge in [0.25, 0.3) is 0 Å². The van der Waals surface area contributed by atoms with Crippen molar-refractivity contribution in [2.75, 3.05) is 11.9 Å². The van der Waals surface area contributed by atoms with E-state index in [1.165, 1.54) is 12.1 Å². The number of fused-ring (bicyclic) bond motifs is 1. The van der Waals surface area contributed by atoms with Gasteiger partial charge >= 0.3 is 0 Å². The van der Waals surface area contributed by atoms with Crippen LogP contribution in [-0.4, -0.2) is 23.3 Å². The van der Waals surface area contributed by atoms with Crippen molar-refractivity contribution in [3.8, 4) is 0 Å². The minimum Gasteiger partial charge on any atom is -0.338 e. The average molecular weight is 362 g/mol. The van der Waals surface area contributed by atoms with Crippen LogP contribution >= 0.6 is 0 Å². The normalized spacial score (nSPS) is 16.7. The molecular formula is C22H19FN2O2. The van der Waals surface area contributed by atoms with E-state index >= 15 is 0 Å². The van der Waals surface area contributed by atoms with Crippen molar-refractivity contribution in [3.63, 3.8) is 0 Å². The fraction of sp³-hybridized carbons (Fsp3) is 0.182. The van der Waals surface area contributed by atoms with Gasteiger partial charge in [0, 0.05) is 25.2 Å². The zero-order chi connectivity index (χ0) is 18.8. The fourth-order valence-electron chi connectivity index (χ4n) is 3.42. The van der Waals surface area contributed by atoms with Gasteiger partial charge in [0.15, 0.2) is 0 Å². The number of carbonyl (C=O) groups excluding carboxylic acids is 2. The van der Waals surface area contributed by atoms with Gasteiger partial charge in [0.05, 0.1) is 5.92 Å². The van der Waals surface area contributed by atoms with Gasteiger partial charge in [0.1, 0.15) is 5.82 Å². The summed E-state index contributed by atoms with van der Waals surface area (Å²) in [6.07, 6.45) is 0.195. The molecule has 0 aliphatic carbocycles. The lowest BCUT2D eigenvalue weighted by Gasteiger charge is -2.17. The zero-order valence-electron chi connectivity index (χ0n) is 14.7. The Morgan fingerprint density at radius 1 is 1.04 bits per heavy atom. The molecule has 3 aromatic rings. The number of hydrogen-bond acceptors (Lipinski definition) is 2. The van der Waals surface area contributed by atoms with Crippen LogP contribution in [0, 0.1) is 11.7 Å². The van der Waals surface area contributed by atoms with E-state index in [2.05, 4.69) is 5.32 Å². The van der Waals surface area contributed by atoms with Crippen LogP contribution < -0.4 is 5.32 Å². The second-order valence-electron chi connectivity index (χ2n) is 6.85. The Morgan fingerprint density at radius 2 is 1.78 bits per heavy atom. The maximum Gasteiger partial charge on any atom is 0.229 e. The van der Waals surface area contributed by atoms with E-state index in [1.807, 2.05) is 42.5 Å². The molecule has 1 saturated heterocycles. The summed E-state index contributed by atoms with van der Waals surface area (Å²) >= 11 is 0. The van der Waals surface area contributed by atoms with Crippen LogP contribution in [-0.2, 0) is 16.1 Å². The molecule has 5 heteroatoms. The smallest absolute Gasteiger partial charge is 0.229 e. The van der Waals surface area contributed by atoms with E-state index < -0.39 is 0 Å². The van der Waals surface area contributed by atoms with E-state index in [1.54, 1.807) is 17.0 Å². The molecule has 1 heterocycles. The molecule has 136 valence electrons. The van der Waals surface area contributed by atoms with E-state index in [9.17, 15) is 14.0 Å². The molecule has 0 aromatic heterocycles. The van der Waals surface area contributed by atoms with Crippen molar-refractivity contribution in [2.24, 2.45) is 5.92 Å². The van der Waals surface area contributed by atoms with Crippen LogP contribution in [0.2, 0.25) is 0 Å². The molecule has 4 nitrogen and oxygen atoms in total. The van der Waals surface area contributed by atoms with E-state index in [-0.39, 0.29) is 30.0 Å². The lowest BCUT2D eigenvalue weighted by atomic mass is 10.1. The summed E-state index contributed by atoms with van der Waals surface area (Å²) in [6, 6.07) is 19.8. The molecule has 1 N–H and O–H groups in total. The minimum atomic E-state index is -0.385. The number of carbonyl (C=O) groups is 2. The molecule has 3 aromatic carbocycles. The molecule has 0 radical (unpaired) electrons. The number of amides is 2. The predicted molar refractivity (Wildman–Crippen MR) is 103 cm³/mol. The summed E-state index contributed by atoms with van der Waals surface area (Å²) in [5.74, 6) is -0.901. The van der Waals surface area contributed by atoms with Crippen LogP contribution in [0.1, 0.15) is 12.0 Å². The molecule has 0 saturated carbocycles. The summed E-state index contributed by atoms with van der Waals surface area (Å²) in [6.45, 7) is 0.758. The molecule has 0 spiro atoms. The quantitative estimate of drug-likeness (QED) is 0.764. The van der Waals surface area contributed by atoms with Crippen LogP contribution in [0.3, 0.4) is 0 Å². The summed E-state index contributed by atoms with van der Waals surface area (Å²) < 4.78 is 13.0. The third-order valence-corrected chi connectivity index (χ3v) is 4.89. The van der Waals surface area contributed by atoms with Gasteiger partial charge in [-0.05, 0) is 40.6 Å². The first-order valence-electron chi connectivity index (χ1n) is 8.90. The summed E-state index contributed by atoms with van der Waals surface area (Å²) in [5, 5.41) is 5.08. The number of benzene rings is 3. The third-order valence-electron chi connectivity index (χ3n) is 4.89. The molecule has 27 heavy (non-hydrogen) atoms. The fourth-order valence-corrected chi connectivity index (χ4v) is 3.42. The van der Waals surface area contributed by atoms with Crippen molar-refractivity contribution in [1.29, 1.82) is 0 Å². The first-order chi connectivity index (χ1) is 13.1. The Bertz CT molecular complexity index is 1000. The lowest BCUT2D eigenvalue weighted by molar-refractivity contribution is -0.128. The maximum atomic E-state index is 13.0. The molecule has 0 bridgehead atoms. The SMILES string of the molecule is O=C(Nc1ccc2ccccc2c1)[C@H]1CC(=O)N(Cc2ccc(F)cc2)C1. The van der Waals surface area contributed by atoms with E-state index in [0.717, 1.165) is 22.0 Å². The predicted octanol–water partition coefficient (Wildman–Crippen LogP) is 3.97. The molecule has 1 fully saturated rings. The van der Waals surface area contributed by atoms with Gasteiger partial charge in [0.2, 0.25) is 11.8 Å². The Morgan fingerprint density at radius 3 is 2.56 bits per heavy atom. The summed E-state index contributed by atoms with van der Waals surface area (Å²) in [5.41, 5.74) is 1.57. The Balaban J connectivity index is 1.41. The number of nitrogens with zero attached hydrogens (tertiary/aromatic N) is 1. The van der Waals surface area contributed by atoms with Gasteiger partial charge in [-0.25, -0.2) is 4.39 Å². The molecule has 1 atom stereocenters. The van der Waals surface area contributed by atoms with Crippen LogP contribution in [0.15, 0.2) is 66.7 Å². The summed E-state index contributed by atoms with van der Waals surface area (Å²) in [7, 11) is 0. The topological polar surface area (TPSA) is 49.4 Å². The first kappa shape index (κ1) is 17.2. The van der Waals surface area contributed by atoms with Crippen molar-refractivity contribution in [1.82, 2.24) is 4.90 Å². The molecular weight excluding hydrogens is 343 g/mol. The van der Waals surface area contributed by atoms with Gasteiger partial charge in [-0.1, -0.05) is 42.5 Å². The van der Waals surface area contributed by atoms with Gasteiger partial charge < -0.3 is 10.2 Å². The van der Waals surface area contributed by atoms with E-state index in [4.69, 9.17) is 0 Å². The molecule has 2 amide bonds. The van der Waals surface area contributed by atoms with Crippen LogP contribution in [0.25, 0.3) is 10.8 Å². The maximum absolute atomic E-state index is 13.0. The highest BCUT2D eigenvalue weighted by Crippen LogP contribution is 2.24. The molecule has 0 unspecified atom stereocenters. The van der Waals surface area contributed by atoms with E-state index in [0.29, 0.717) is 13.1 Å². The van der Waals surface area contributed by atoms with Crippen molar-refractivity contribution < 1.29 is 14.0 Å². The highest BCUT2D eigenvalue weighted by molar-refractivity contribution is 5.98. The molecule has 4 rings (SSSR count). The second-order valence-corrected chi connectivity index (χ2v) is 6.85. The lowest BCUT2D eigenvalue weighted by Crippen LogP contribution is -2.28. The number of hydrogen-bond donors (Lipinski definition) is 1. The number of anilines is 1. The zero-order valence-corrected chi connectivity index (χ0v) is 14.7. The van der Waals surface area contributed by atoms with Crippen molar-refractivity contribution in [3.05, 3.63) is 78.1 Å². The molecule has 1 aliphatic heterocycles. The number of rotatable bonds is 4. The highest BCUT2D eigenvalue weighted by atomic mass is 19.1. The molecule has 1 aliphatic rings. The van der Waals surface area contributed by atoms with Gasteiger partial charge in [-0.3, -0.25) is 9.59 Å². The van der Waals surface area contributed by atoms with Gasteiger partial charge in [-0.15, -0.1) is 0 Å². The summed E-state index contributed by atoms with van der Waals surface area (Å²) in [4.78, 5) is 26.5. The Hall–Kier alpha value is -3.21. The second kappa shape index (κ2) is 7.19. The largest absolute Gasteiger partial charge is 0.338 e. The Kier molecular flexibility index (Phi) is 4.59. The monoisotopic (exact) mass is 362 g/mol. The first-order valence-corrected chi connectivity index (χ1v) is 8.90. The van der Waals surface area contributed by atoms with Crippen molar-refractivity contribution >= 4 is 28.3 Å². The van der Waals surface area contributed by atoms with Crippen LogP contribution in [0.4, 0.5) is 10.1 Å². The Labute approximate surface area is 156 Å². The minimum absolute atomic E-state index is 0.0574. The van der Waals surface area contributed by atoms with Gasteiger partial charge in [-0.2, -0.15) is 0 Å². The highest BCUT2D eigenvalue weighted by Gasteiger charge is 2.34. The number of halogens is 1. The van der Waals surface area contributed by atoms with Crippen molar-refractivity contribution in [2.45, 2.75) is 13.0 Å². The number of likely N-dealkylation sites (tertiary alicyclic amines) is 1. The number of nitrogens with one attached hydrogen (secondary N) is 1.